The van der Waals surface area contributed by atoms with Crippen LogP contribution in [-0.2, 0) is 0 Å². The van der Waals surface area contributed by atoms with E-state index in [1.54, 1.807) is 0 Å². The highest BCUT2D eigenvalue weighted by atomic mass is 16.3. The first-order valence-electron chi connectivity index (χ1n) is 5.85. The van der Waals surface area contributed by atoms with Crippen LogP contribution in [0.4, 0.5) is 0 Å². The Bertz CT molecular complexity index is 227. The van der Waals surface area contributed by atoms with E-state index in [-0.39, 0.29) is 12.1 Å². The van der Waals surface area contributed by atoms with Crippen LogP contribution in [0.5, 0.6) is 0 Å². The molecule has 2 rings (SSSR count). The van der Waals surface area contributed by atoms with Crippen molar-refractivity contribution in [2.45, 2.75) is 38.0 Å². The first-order valence-corrected chi connectivity index (χ1v) is 5.85. The van der Waals surface area contributed by atoms with Crippen LogP contribution in [-0.4, -0.2) is 59.0 Å². The molecule has 2 saturated heterocycles. The van der Waals surface area contributed by atoms with Gasteiger partial charge in [-0.05, 0) is 12.3 Å². The summed E-state index contributed by atoms with van der Waals surface area (Å²) in [6, 6.07) is 0.206. The molecule has 2 fully saturated rings. The van der Waals surface area contributed by atoms with Crippen LogP contribution in [0.2, 0.25) is 0 Å². The summed E-state index contributed by atoms with van der Waals surface area (Å²) in [5.74, 6) is 0.531. The van der Waals surface area contributed by atoms with Gasteiger partial charge in [-0.2, -0.15) is 0 Å². The van der Waals surface area contributed by atoms with Crippen LogP contribution in [0.15, 0.2) is 0 Å². The molecule has 0 aromatic heterocycles. The predicted octanol–water partition coefficient (Wildman–Crippen LogP) is -0.588. The minimum absolute atomic E-state index is 0.206. The second kappa shape index (κ2) is 4.01. The van der Waals surface area contributed by atoms with E-state index in [1.165, 1.54) is 0 Å². The number of hydrogen-bond acceptors (Lipinski definition) is 4. The Morgan fingerprint density at radius 1 is 1.40 bits per heavy atom. The van der Waals surface area contributed by atoms with Crippen molar-refractivity contribution in [3.8, 4) is 0 Å². The largest absolute Gasteiger partial charge is 0.390 e. The van der Waals surface area contributed by atoms with E-state index in [0.29, 0.717) is 25.6 Å². The van der Waals surface area contributed by atoms with Gasteiger partial charge in [0, 0.05) is 32.2 Å². The third-order valence-electron chi connectivity index (χ3n) is 3.40. The standard InChI is InChI=1S/C11H22N2O2/c1-8(2)3-11(15)6-13(7-11)9-4-12-5-10(9)14/h8-10,12,14-15H,3-7H2,1-2H3/t9-,10-/m1/s1. The highest BCUT2D eigenvalue weighted by molar-refractivity contribution is 5.02. The van der Waals surface area contributed by atoms with Gasteiger partial charge in [0.25, 0.3) is 0 Å². The molecule has 0 aromatic rings. The fourth-order valence-electron chi connectivity index (χ4n) is 2.86. The van der Waals surface area contributed by atoms with Crippen LogP contribution in [0.3, 0.4) is 0 Å². The van der Waals surface area contributed by atoms with Gasteiger partial charge in [0.2, 0.25) is 0 Å². The number of β-amino-alcohol motifs (C(OH)–C–C–N with tert-alkyl or cyclic N) is 2. The minimum Gasteiger partial charge on any atom is -0.390 e. The van der Waals surface area contributed by atoms with E-state index in [1.807, 2.05) is 0 Å². The number of nitrogens with zero attached hydrogens (tertiary/aromatic N) is 1. The van der Waals surface area contributed by atoms with Gasteiger partial charge in [-0.1, -0.05) is 13.8 Å². The quantitative estimate of drug-likeness (QED) is 0.588. The summed E-state index contributed by atoms with van der Waals surface area (Å²) in [5.41, 5.74) is -0.503. The Morgan fingerprint density at radius 3 is 2.53 bits per heavy atom. The molecular formula is C11H22N2O2. The normalized spacial score (nSPS) is 35.8. The second-order valence-electron chi connectivity index (χ2n) is 5.52. The summed E-state index contributed by atoms with van der Waals surface area (Å²) in [6.45, 7) is 7.23. The lowest BCUT2D eigenvalue weighted by Crippen LogP contribution is -2.66. The summed E-state index contributed by atoms with van der Waals surface area (Å²) < 4.78 is 0. The van der Waals surface area contributed by atoms with Crippen molar-refractivity contribution >= 4 is 0 Å². The molecule has 0 aromatic carbocycles. The molecule has 2 aliphatic heterocycles. The molecule has 15 heavy (non-hydrogen) atoms. The molecule has 4 heteroatoms. The van der Waals surface area contributed by atoms with Crippen LogP contribution in [0, 0.1) is 5.92 Å². The van der Waals surface area contributed by atoms with Crippen LogP contribution < -0.4 is 5.32 Å². The van der Waals surface area contributed by atoms with E-state index in [2.05, 4.69) is 24.1 Å². The lowest BCUT2D eigenvalue weighted by Gasteiger charge is -2.50. The van der Waals surface area contributed by atoms with Crippen molar-refractivity contribution in [3.05, 3.63) is 0 Å². The fourth-order valence-corrected chi connectivity index (χ4v) is 2.86. The maximum absolute atomic E-state index is 10.2. The molecule has 0 aliphatic carbocycles. The Balaban J connectivity index is 1.81. The number of hydrogen-bond donors (Lipinski definition) is 3. The third-order valence-corrected chi connectivity index (χ3v) is 3.40. The van der Waals surface area contributed by atoms with Gasteiger partial charge in [0.15, 0.2) is 0 Å². The zero-order valence-corrected chi connectivity index (χ0v) is 9.61. The van der Waals surface area contributed by atoms with E-state index in [9.17, 15) is 10.2 Å². The molecule has 0 bridgehead atoms. The van der Waals surface area contributed by atoms with Gasteiger partial charge >= 0.3 is 0 Å². The Morgan fingerprint density at radius 2 is 2.07 bits per heavy atom. The molecular weight excluding hydrogens is 192 g/mol. The Hall–Kier alpha value is -0.160. The number of rotatable bonds is 3. The van der Waals surface area contributed by atoms with Gasteiger partial charge in [0.1, 0.15) is 0 Å². The van der Waals surface area contributed by atoms with Gasteiger partial charge in [0.05, 0.1) is 11.7 Å². The number of nitrogens with one attached hydrogen (secondary N) is 1. The van der Waals surface area contributed by atoms with Gasteiger partial charge in [-0.15, -0.1) is 0 Å². The SMILES string of the molecule is CC(C)CC1(O)CN([C@@H]2CNC[C@H]2O)C1. The van der Waals surface area contributed by atoms with E-state index < -0.39 is 5.60 Å². The predicted molar refractivity (Wildman–Crippen MR) is 58.6 cm³/mol. The maximum Gasteiger partial charge on any atom is 0.0902 e. The summed E-state index contributed by atoms with van der Waals surface area (Å²) >= 11 is 0. The van der Waals surface area contributed by atoms with E-state index >= 15 is 0 Å². The zero-order chi connectivity index (χ0) is 11.1. The molecule has 2 aliphatic rings. The lowest BCUT2D eigenvalue weighted by atomic mass is 9.84. The molecule has 2 atom stereocenters. The van der Waals surface area contributed by atoms with Crippen molar-refractivity contribution in [1.82, 2.24) is 10.2 Å². The molecule has 0 spiro atoms. The van der Waals surface area contributed by atoms with Crippen molar-refractivity contribution in [2.24, 2.45) is 5.92 Å². The second-order valence-corrected chi connectivity index (χ2v) is 5.52. The monoisotopic (exact) mass is 214 g/mol. The third kappa shape index (κ3) is 2.33. The zero-order valence-electron chi connectivity index (χ0n) is 9.61. The van der Waals surface area contributed by atoms with Crippen molar-refractivity contribution in [1.29, 1.82) is 0 Å². The minimum atomic E-state index is -0.503. The number of likely N-dealkylation sites (tertiary alicyclic amines) is 1. The van der Waals surface area contributed by atoms with Crippen LogP contribution >= 0.6 is 0 Å². The average Bonchev–Trinajstić information content (AvgIpc) is 2.45. The summed E-state index contributed by atoms with van der Waals surface area (Å²) in [7, 11) is 0. The highest BCUT2D eigenvalue weighted by Gasteiger charge is 2.46. The Labute approximate surface area is 91.3 Å². The summed E-state index contributed by atoms with van der Waals surface area (Å²) in [6.07, 6.45) is 0.591. The van der Waals surface area contributed by atoms with Crippen molar-refractivity contribution < 1.29 is 10.2 Å². The van der Waals surface area contributed by atoms with Gasteiger partial charge in [-0.3, -0.25) is 4.90 Å². The summed E-state index contributed by atoms with van der Waals surface area (Å²) in [5, 5.41) is 23.0. The van der Waals surface area contributed by atoms with Gasteiger partial charge in [-0.25, -0.2) is 0 Å². The fraction of sp³-hybridized carbons (Fsp3) is 1.00. The first-order chi connectivity index (χ1) is 7.00. The number of aliphatic hydroxyl groups excluding tert-OH is 1. The summed E-state index contributed by atoms with van der Waals surface area (Å²) in [4.78, 5) is 2.19. The smallest absolute Gasteiger partial charge is 0.0902 e. The van der Waals surface area contributed by atoms with E-state index in [4.69, 9.17) is 0 Å². The lowest BCUT2D eigenvalue weighted by molar-refractivity contribution is -0.133. The Kier molecular flexibility index (Phi) is 3.03. The highest BCUT2D eigenvalue weighted by Crippen LogP contribution is 2.30. The topological polar surface area (TPSA) is 55.7 Å². The van der Waals surface area contributed by atoms with Crippen molar-refractivity contribution in [2.75, 3.05) is 26.2 Å². The van der Waals surface area contributed by atoms with E-state index in [0.717, 1.165) is 13.0 Å². The van der Waals surface area contributed by atoms with Crippen molar-refractivity contribution in [3.63, 3.8) is 0 Å². The molecule has 3 N–H and O–H groups in total. The maximum atomic E-state index is 10.2. The van der Waals surface area contributed by atoms with Crippen LogP contribution in [0.1, 0.15) is 20.3 Å². The van der Waals surface area contributed by atoms with Crippen LogP contribution in [0.25, 0.3) is 0 Å². The molecule has 0 amide bonds. The van der Waals surface area contributed by atoms with Gasteiger partial charge < -0.3 is 15.5 Å². The molecule has 0 radical (unpaired) electrons. The molecule has 4 nitrogen and oxygen atoms in total. The molecule has 2 heterocycles. The molecule has 0 saturated carbocycles. The number of aliphatic hydroxyl groups is 2. The molecule has 88 valence electrons. The average molecular weight is 214 g/mol. The molecule has 0 unspecified atom stereocenters. The first kappa shape index (κ1) is 11.3.